The Hall–Kier alpha value is -0.820. The lowest BCUT2D eigenvalue weighted by molar-refractivity contribution is 0.282. The van der Waals surface area contributed by atoms with Gasteiger partial charge in [0.25, 0.3) is 0 Å². The molecule has 0 amide bonds. The Morgan fingerprint density at radius 3 is 2.33 bits per heavy atom. The van der Waals surface area contributed by atoms with Crippen molar-refractivity contribution in [2.45, 2.75) is 33.1 Å². The van der Waals surface area contributed by atoms with Crippen molar-refractivity contribution < 1.29 is 0 Å². The summed E-state index contributed by atoms with van der Waals surface area (Å²) in [6.07, 6.45) is 3.88. The molecule has 2 rings (SSSR count). The highest BCUT2D eigenvalue weighted by Gasteiger charge is 2.40. The van der Waals surface area contributed by atoms with Crippen LogP contribution >= 0.6 is 0 Å². The van der Waals surface area contributed by atoms with Crippen LogP contribution < -0.4 is 5.73 Å². The number of benzene rings is 1. The largest absolute Gasteiger partial charge is 0.330 e. The molecule has 0 spiro atoms. The van der Waals surface area contributed by atoms with Gasteiger partial charge in [0.15, 0.2) is 0 Å². The Morgan fingerprint density at radius 1 is 1.27 bits per heavy atom. The van der Waals surface area contributed by atoms with Crippen LogP contribution in [0.1, 0.15) is 30.9 Å². The predicted molar refractivity (Wildman–Crippen MR) is 64.8 cm³/mol. The van der Waals surface area contributed by atoms with E-state index in [0.717, 1.165) is 18.9 Å². The Morgan fingerprint density at radius 2 is 1.87 bits per heavy atom. The second-order valence-corrected chi connectivity index (χ2v) is 5.29. The van der Waals surface area contributed by atoms with Crippen molar-refractivity contribution in [1.29, 1.82) is 0 Å². The number of aryl methyl sites for hydroxylation is 1. The number of hydrogen-bond acceptors (Lipinski definition) is 1. The summed E-state index contributed by atoms with van der Waals surface area (Å²) < 4.78 is 0. The molecule has 1 nitrogen and oxygen atoms in total. The molecule has 1 atom stereocenters. The summed E-state index contributed by atoms with van der Waals surface area (Å²) >= 11 is 0. The van der Waals surface area contributed by atoms with Gasteiger partial charge < -0.3 is 5.73 Å². The highest BCUT2D eigenvalue weighted by Crippen LogP contribution is 2.46. The minimum atomic E-state index is 0.329. The molecule has 2 N–H and O–H groups in total. The fourth-order valence-corrected chi connectivity index (χ4v) is 2.34. The Balaban J connectivity index is 2.09. The summed E-state index contributed by atoms with van der Waals surface area (Å²) in [6.45, 7) is 5.28. The lowest BCUT2D eigenvalue weighted by atomic mass is 9.79. The SMILES string of the molecule is Cc1ccc(CC(C)(CN)C2CC2)cc1. The average Bonchev–Trinajstić information content (AvgIpc) is 3.05. The van der Waals surface area contributed by atoms with Crippen molar-refractivity contribution in [2.24, 2.45) is 17.1 Å². The van der Waals surface area contributed by atoms with E-state index in [0.29, 0.717) is 5.41 Å². The van der Waals surface area contributed by atoms with Crippen LogP contribution in [-0.4, -0.2) is 6.54 Å². The van der Waals surface area contributed by atoms with Gasteiger partial charge in [-0.25, -0.2) is 0 Å². The maximum Gasteiger partial charge on any atom is -0.00173 e. The molecule has 1 aliphatic rings. The first-order chi connectivity index (χ1) is 7.14. The Kier molecular flexibility index (Phi) is 2.83. The quantitative estimate of drug-likeness (QED) is 0.800. The standard InChI is InChI=1S/C14H21N/c1-11-3-5-12(6-4-11)9-14(2,10-15)13-7-8-13/h3-6,13H,7-10,15H2,1-2H3. The summed E-state index contributed by atoms with van der Waals surface area (Å²) in [5.74, 6) is 0.865. The fourth-order valence-electron chi connectivity index (χ4n) is 2.34. The highest BCUT2D eigenvalue weighted by atomic mass is 14.6. The predicted octanol–water partition coefficient (Wildman–Crippen LogP) is 2.91. The van der Waals surface area contributed by atoms with Crippen LogP contribution in [0, 0.1) is 18.3 Å². The van der Waals surface area contributed by atoms with Gasteiger partial charge in [-0.05, 0) is 49.6 Å². The van der Waals surface area contributed by atoms with E-state index in [-0.39, 0.29) is 0 Å². The lowest BCUT2D eigenvalue weighted by Crippen LogP contribution is -2.31. The van der Waals surface area contributed by atoms with Gasteiger partial charge in [-0.1, -0.05) is 36.8 Å². The van der Waals surface area contributed by atoms with E-state index in [4.69, 9.17) is 5.73 Å². The van der Waals surface area contributed by atoms with E-state index >= 15 is 0 Å². The normalized spacial score (nSPS) is 19.9. The maximum absolute atomic E-state index is 5.93. The zero-order valence-electron chi connectivity index (χ0n) is 9.79. The first kappa shape index (κ1) is 10.7. The van der Waals surface area contributed by atoms with Gasteiger partial charge in [-0.15, -0.1) is 0 Å². The molecule has 82 valence electrons. The van der Waals surface area contributed by atoms with Crippen LogP contribution in [0.4, 0.5) is 0 Å². The van der Waals surface area contributed by atoms with Crippen LogP contribution in [0.15, 0.2) is 24.3 Å². The van der Waals surface area contributed by atoms with E-state index in [9.17, 15) is 0 Å². The third kappa shape index (κ3) is 2.40. The smallest absolute Gasteiger partial charge is 0.00173 e. The number of hydrogen-bond donors (Lipinski definition) is 1. The van der Waals surface area contributed by atoms with Crippen LogP contribution in [0.2, 0.25) is 0 Å². The molecule has 1 fully saturated rings. The van der Waals surface area contributed by atoms with Crippen molar-refractivity contribution >= 4 is 0 Å². The molecule has 0 bridgehead atoms. The first-order valence-electron chi connectivity index (χ1n) is 5.90. The topological polar surface area (TPSA) is 26.0 Å². The minimum absolute atomic E-state index is 0.329. The molecule has 15 heavy (non-hydrogen) atoms. The molecule has 1 aliphatic carbocycles. The average molecular weight is 203 g/mol. The van der Waals surface area contributed by atoms with E-state index in [1.165, 1.54) is 24.0 Å². The molecule has 0 saturated heterocycles. The van der Waals surface area contributed by atoms with Gasteiger partial charge in [0, 0.05) is 0 Å². The molecule has 1 aromatic rings. The second-order valence-electron chi connectivity index (χ2n) is 5.29. The molecule has 1 aromatic carbocycles. The van der Waals surface area contributed by atoms with Gasteiger partial charge in [0.2, 0.25) is 0 Å². The Labute approximate surface area is 92.7 Å². The van der Waals surface area contributed by atoms with Crippen LogP contribution in [0.5, 0.6) is 0 Å². The minimum Gasteiger partial charge on any atom is -0.330 e. The van der Waals surface area contributed by atoms with Crippen LogP contribution in [-0.2, 0) is 6.42 Å². The number of nitrogens with two attached hydrogens (primary N) is 1. The summed E-state index contributed by atoms with van der Waals surface area (Å²) in [5.41, 5.74) is 9.02. The van der Waals surface area contributed by atoms with Crippen molar-refractivity contribution in [2.75, 3.05) is 6.54 Å². The first-order valence-corrected chi connectivity index (χ1v) is 5.90. The van der Waals surface area contributed by atoms with Gasteiger partial charge in [-0.3, -0.25) is 0 Å². The second kappa shape index (κ2) is 3.97. The zero-order chi connectivity index (χ0) is 10.9. The fraction of sp³-hybridized carbons (Fsp3) is 0.571. The third-order valence-corrected chi connectivity index (χ3v) is 3.76. The van der Waals surface area contributed by atoms with Crippen molar-refractivity contribution in [3.8, 4) is 0 Å². The van der Waals surface area contributed by atoms with Gasteiger partial charge in [0.1, 0.15) is 0 Å². The van der Waals surface area contributed by atoms with E-state index < -0.39 is 0 Å². The third-order valence-electron chi connectivity index (χ3n) is 3.76. The number of rotatable bonds is 4. The molecule has 1 saturated carbocycles. The monoisotopic (exact) mass is 203 g/mol. The maximum atomic E-state index is 5.93. The van der Waals surface area contributed by atoms with E-state index in [2.05, 4.69) is 38.1 Å². The van der Waals surface area contributed by atoms with Crippen molar-refractivity contribution in [3.05, 3.63) is 35.4 Å². The van der Waals surface area contributed by atoms with E-state index in [1.54, 1.807) is 0 Å². The van der Waals surface area contributed by atoms with E-state index in [1.807, 2.05) is 0 Å². The molecule has 0 radical (unpaired) electrons. The molecule has 0 heterocycles. The summed E-state index contributed by atoms with van der Waals surface area (Å²) in [5, 5.41) is 0. The Bertz CT molecular complexity index is 324. The van der Waals surface area contributed by atoms with Crippen molar-refractivity contribution in [1.82, 2.24) is 0 Å². The molecular formula is C14H21N. The molecule has 1 heteroatoms. The molecule has 0 aromatic heterocycles. The van der Waals surface area contributed by atoms with Gasteiger partial charge >= 0.3 is 0 Å². The summed E-state index contributed by atoms with van der Waals surface area (Å²) in [7, 11) is 0. The molecular weight excluding hydrogens is 182 g/mol. The van der Waals surface area contributed by atoms with Crippen molar-refractivity contribution in [3.63, 3.8) is 0 Å². The summed E-state index contributed by atoms with van der Waals surface area (Å²) in [4.78, 5) is 0. The van der Waals surface area contributed by atoms with Gasteiger partial charge in [-0.2, -0.15) is 0 Å². The molecule has 0 aliphatic heterocycles. The molecule has 1 unspecified atom stereocenters. The zero-order valence-corrected chi connectivity index (χ0v) is 9.79. The van der Waals surface area contributed by atoms with Crippen LogP contribution in [0.3, 0.4) is 0 Å². The lowest BCUT2D eigenvalue weighted by Gasteiger charge is -2.28. The summed E-state index contributed by atoms with van der Waals surface area (Å²) in [6, 6.07) is 8.87. The highest BCUT2D eigenvalue weighted by molar-refractivity contribution is 5.23. The van der Waals surface area contributed by atoms with Crippen LogP contribution in [0.25, 0.3) is 0 Å². The van der Waals surface area contributed by atoms with Gasteiger partial charge in [0.05, 0.1) is 0 Å².